The molecule has 5 rings (SSSR count). The molecule has 0 saturated carbocycles. The van der Waals surface area contributed by atoms with E-state index in [0.717, 1.165) is 11.9 Å². The molecule has 5 nitrogen and oxygen atoms in total. The maximum atomic E-state index is 14.1. The first-order valence-electron chi connectivity index (χ1n) is 10.2. The molecular formula is C24H22FN3O2. The van der Waals surface area contributed by atoms with Gasteiger partial charge in [-0.25, -0.2) is 4.39 Å². The number of aromatic amines is 1. The number of aromatic nitrogens is 1. The number of hydrogen-bond acceptors (Lipinski definition) is 2. The predicted molar refractivity (Wildman–Crippen MR) is 114 cm³/mol. The number of H-pyrrole nitrogens is 1. The summed E-state index contributed by atoms with van der Waals surface area (Å²) in [6.45, 7) is 1.38. The van der Waals surface area contributed by atoms with Crippen LogP contribution in [0, 0.1) is 11.7 Å². The molecule has 3 heterocycles. The van der Waals surface area contributed by atoms with Gasteiger partial charge in [-0.15, -0.1) is 0 Å². The van der Waals surface area contributed by atoms with Crippen molar-refractivity contribution >= 4 is 34.0 Å². The molecule has 2 aliphatic rings. The van der Waals surface area contributed by atoms with Crippen LogP contribution in [0.15, 0.2) is 60.8 Å². The van der Waals surface area contributed by atoms with E-state index in [-0.39, 0.29) is 30.5 Å². The highest BCUT2D eigenvalue weighted by molar-refractivity contribution is 6.00. The second-order valence-electron chi connectivity index (χ2n) is 7.87. The van der Waals surface area contributed by atoms with E-state index < -0.39 is 11.7 Å². The van der Waals surface area contributed by atoms with Gasteiger partial charge in [-0.1, -0.05) is 36.4 Å². The van der Waals surface area contributed by atoms with Crippen LogP contribution in [-0.4, -0.2) is 41.3 Å². The number of nitrogens with one attached hydrogen (secondary N) is 1. The summed E-state index contributed by atoms with van der Waals surface area (Å²) in [5.41, 5.74) is 3.76. The van der Waals surface area contributed by atoms with Crippen LogP contribution >= 0.6 is 0 Å². The molecule has 2 amide bonds. The van der Waals surface area contributed by atoms with E-state index in [1.54, 1.807) is 23.1 Å². The van der Waals surface area contributed by atoms with Crippen molar-refractivity contribution < 1.29 is 14.0 Å². The standard InChI is InChI=1S/C24H22FN3O2/c25-20-6-2-4-8-22(20)28-15-17(13-23(28)29)24(30)27-11-9-16(10-12-27)19-14-26-21-7-3-1-5-18(19)21/h1-9,14,17,26H,10-13,15H2. The van der Waals surface area contributed by atoms with Crippen LogP contribution in [-0.2, 0) is 9.59 Å². The first-order chi connectivity index (χ1) is 14.6. The smallest absolute Gasteiger partial charge is 0.228 e. The van der Waals surface area contributed by atoms with Gasteiger partial charge >= 0.3 is 0 Å². The van der Waals surface area contributed by atoms with Crippen molar-refractivity contribution in [2.45, 2.75) is 12.8 Å². The van der Waals surface area contributed by atoms with Crippen LogP contribution in [0.4, 0.5) is 10.1 Å². The maximum absolute atomic E-state index is 14.1. The number of hydrogen-bond donors (Lipinski definition) is 1. The molecule has 1 saturated heterocycles. The lowest BCUT2D eigenvalue weighted by atomic mass is 9.98. The number of para-hydroxylation sites is 2. The minimum atomic E-state index is -0.441. The van der Waals surface area contributed by atoms with Crippen LogP contribution in [0.1, 0.15) is 18.4 Å². The zero-order chi connectivity index (χ0) is 20.7. The monoisotopic (exact) mass is 403 g/mol. The van der Waals surface area contributed by atoms with E-state index in [0.29, 0.717) is 13.1 Å². The fourth-order valence-electron chi connectivity index (χ4n) is 4.49. The number of fused-ring (bicyclic) bond motifs is 1. The number of benzene rings is 2. The second kappa shape index (κ2) is 7.44. The summed E-state index contributed by atoms with van der Waals surface area (Å²) in [6.07, 6.45) is 5.02. The molecular weight excluding hydrogens is 381 g/mol. The molecule has 30 heavy (non-hydrogen) atoms. The first-order valence-corrected chi connectivity index (χ1v) is 10.2. The highest BCUT2D eigenvalue weighted by atomic mass is 19.1. The Bertz CT molecular complexity index is 1170. The van der Waals surface area contributed by atoms with Gasteiger partial charge in [0.05, 0.1) is 11.6 Å². The lowest BCUT2D eigenvalue weighted by molar-refractivity contribution is -0.135. The molecule has 0 bridgehead atoms. The van der Waals surface area contributed by atoms with E-state index in [1.807, 2.05) is 18.3 Å². The lowest BCUT2D eigenvalue weighted by Gasteiger charge is -2.28. The number of rotatable bonds is 3. The van der Waals surface area contributed by atoms with Gasteiger partial charge in [-0.2, -0.15) is 0 Å². The number of carbonyl (C=O) groups is 2. The molecule has 1 unspecified atom stereocenters. The molecule has 3 aromatic rings. The molecule has 6 heteroatoms. The Morgan fingerprint density at radius 2 is 1.90 bits per heavy atom. The van der Waals surface area contributed by atoms with Crippen molar-refractivity contribution in [1.29, 1.82) is 0 Å². The fraction of sp³-hybridized carbons (Fsp3) is 0.250. The fourth-order valence-corrected chi connectivity index (χ4v) is 4.49. The number of amides is 2. The van der Waals surface area contributed by atoms with Crippen LogP contribution in [0.25, 0.3) is 16.5 Å². The number of nitrogens with zero attached hydrogens (tertiary/aromatic N) is 2. The Morgan fingerprint density at radius 3 is 2.70 bits per heavy atom. The SMILES string of the molecule is O=C(C1CC(=O)N(c2ccccc2F)C1)N1CC=C(c2c[nH]c3ccccc23)CC1. The van der Waals surface area contributed by atoms with Crippen molar-refractivity contribution in [3.63, 3.8) is 0 Å². The quantitative estimate of drug-likeness (QED) is 0.719. The van der Waals surface area contributed by atoms with Gasteiger partial charge in [-0.05, 0) is 30.2 Å². The minimum Gasteiger partial charge on any atom is -0.361 e. The topological polar surface area (TPSA) is 56.4 Å². The molecule has 1 aromatic heterocycles. The number of carbonyl (C=O) groups excluding carboxylic acids is 2. The number of halogens is 1. The van der Waals surface area contributed by atoms with Gasteiger partial charge in [-0.3, -0.25) is 9.59 Å². The van der Waals surface area contributed by atoms with Crippen LogP contribution in [0.5, 0.6) is 0 Å². The van der Waals surface area contributed by atoms with E-state index in [1.165, 1.54) is 27.5 Å². The normalized spacial score (nSPS) is 19.4. The van der Waals surface area contributed by atoms with Gasteiger partial charge in [0.25, 0.3) is 0 Å². The molecule has 1 fully saturated rings. The highest BCUT2D eigenvalue weighted by Gasteiger charge is 2.38. The van der Waals surface area contributed by atoms with Crippen molar-refractivity contribution in [3.05, 3.63) is 72.2 Å². The summed E-state index contributed by atoms with van der Waals surface area (Å²) in [5.74, 6) is -1.11. The highest BCUT2D eigenvalue weighted by Crippen LogP contribution is 2.31. The Kier molecular flexibility index (Phi) is 4.62. The number of anilines is 1. The minimum absolute atomic E-state index is 0.0311. The van der Waals surface area contributed by atoms with Crippen LogP contribution in [0.2, 0.25) is 0 Å². The zero-order valence-corrected chi connectivity index (χ0v) is 16.5. The Hall–Kier alpha value is -3.41. The summed E-state index contributed by atoms with van der Waals surface area (Å²) in [4.78, 5) is 32.0. The van der Waals surface area contributed by atoms with Crippen LogP contribution < -0.4 is 4.90 Å². The van der Waals surface area contributed by atoms with Gasteiger partial charge < -0.3 is 14.8 Å². The van der Waals surface area contributed by atoms with Gasteiger partial charge in [0.2, 0.25) is 11.8 Å². The van der Waals surface area contributed by atoms with Crippen molar-refractivity contribution in [2.75, 3.05) is 24.5 Å². The van der Waals surface area contributed by atoms with E-state index in [4.69, 9.17) is 0 Å². The van der Waals surface area contributed by atoms with Gasteiger partial charge in [0.15, 0.2) is 0 Å². The Labute approximate surface area is 173 Å². The average molecular weight is 403 g/mol. The summed E-state index contributed by atoms with van der Waals surface area (Å²) >= 11 is 0. The van der Waals surface area contributed by atoms with Gasteiger partial charge in [0.1, 0.15) is 5.82 Å². The molecule has 1 atom stereocenters. The zero-order valence-electron chi connectivity index (χ0n) is 16.5. The third kappa shape index (κ3) is 3.18. The summed E-state index contributed by atoms with van der Waals surface area (Å²) < 4.78 is 14.1. The van der Waals surface area contributed by atoms with E-state index in [9.17, 15) is 14.0 Å². The summed E-state index contributed by atoms with van der Waals surface area (Å²) in [6, 6.07) is 14.4. The van der Waals surface area contributed by atoms with E-state index in [2.05, 4.69) is 23.2 Å². The second-order valence-corrected chi connectivity index (χ2v) is 7.87. The molecule has 2 aromatic carbocycles. The first kappa shape index (κ1) is 18.6. The van der Waals surface area contributed by atoms with Crippen LogP contribution in [0.3, 0.4) is 0 Å². The predicted octanol–water partition coefficient (Wildman–Crippen LogP) is 3.98. The largest absolute Gasteiger partial charge is 0.361 e. The summed E-state index contributed by atoms with van der Waals surface area (Å²) in [7, 11) is 0. The maximum Gasteiger partial charge on any atom is 0.228 e. The molecule has 0 radical (unpaired) electrons. The Balaban J connectivity index is 1.29. The average Bonchev–Trinajstić information content (AvgIpc) is 3.37. The summed E-state index contributed by atoms with van der Waals surface area (Å²) in [5, 5.41) is 1.19. The molecule has 152 valence electrons. The van der Waals surface area contributed by atoms with Crippen molar-refractivity contribution in [1.82, 2.24) is 9.88 Å². The molecule has 0 spiro atoms. The lowest BCUT2D eigenvalue weighted by Crippen LogP contribution is -2.40. The van der Waals surface area contributed by atoms with Crippen molar-refractivity contribution in [2.24, 2.45) is 5.92 Å². The Morgan fingerprint density at radius 1 is 1.10 bits per heavy atom. The third-order valence-corrected chi connectivity index (χ3v) is 6.07. The molecule has 0 aliphatic carbocycles. The van der Waals surface area contributed by atoms with E-state index >= 15 is 0 Å². The van der Waals surface area contributed by atoms with Crippen molar-refractivity contribution in [3.8, 4) is 0 Å². The molecule has 1 N–H and O–H groups in total. The third-order valence-electron chi connectivity index (χ3n) is 6.07. The molecule has 2 aliphatic heterocycles. The van der Waals surface area contributed by atoms with Gasteiger partial charge in [0, 0.05) is 48.7 Å².